The molecule has 0 aliphatic rings. The lowest BCUT2D eigenvalue weighted by molar-refractivity contribution is 1.06. The summed E-state index contributed by atoms with van der Waals surface area (Å²) >= 11 is 0. The first kappa shape index (κ1) is 8.05. The van der Waals surface area contributed by atoms with E-state index in [0.29, 0.717) is 0 Å². The van der Waals surface area contributed by atoms with E-state index in [2.05, 4.69) is 22.9 Å². The monoisotopic (exact) mass is 150 g/mol. The molecular formula is C9H14N2. The van der Waals surface area contributed by atoms with Crippen LogP contribution < -0.4 is 4.90 Å². The Labute approximate surface area is 67.9 Å². The molecule has 2 nitrogen and oxygen atoms in total. The van der Waals surface area contributed by atoms with Gasteiger partial charge < -0.3 is 4.90 Å². The van der Waals surface area contributed by atoms with Gasteiger partial charge in [0.1, 0.15) is 0 Å². The van der Waals surface area contributed by atoms with Crippen LogP contribution in [-0.4, -0.2) is 19.1 Å². The summed E-state index contributed by atoms with van der Waals surface area (Å²) in [5, 5.41) is 0. The average molecular weight is 150 g/mol. The third-order valence-electron chi connectivity index (χ3n) is 1.71. The lowest BCUT2D eigenvalue weighted by Crippen LogP contribution is -2.09. The van der Waals surface area contributed by atoms with Gasteiger partial charge in [0.25, 0.3) is 0 Å². The summed E-state index contributed by atoms with van der Waals surface area (Å²) in [6, 6.07) is 2.16. The molecule has 0 N–H and O–H groups in total. The molecule has 1 aromatic heterocycles. The highest BCUT2D eigenvalue weighted by Crippen LogP contribution is 2.10. The van der Waals surface area contributed by atoms with Crippen LogP contribution >= 0.6 is 0 Å². The lowest BCUT2D eigenvalue weighted by atomic mass is 10.2. The van der Waals surface area contributed by atoms with E-state index in [-0.39, 0.29) is 0 Å². The van der Waals surface area contributed by atoms with Crippen LogP contribution in [0.25, 0.3) is 0 Å². The second kappa shape index (κ2) is 3.37. The molecule has 1 aromatic rings. The molecule has 0 spiro atoms. The van der Waals surface area contributed by atoms with Gasteiger partial charge in [-0.2, -0.15) is 0 Å². The molecule has 1 heterocycles. The second-order valence-corrected chi connectivity index (χ2v) is 2.80. The van der Waals surface area contributed by atoms with Crippen LogP contribution in [0.2, 0.25) is 0 Å². The van der Waals surface area contributed by atoms with Crippen LogP contribution in [0.3, 0.4) is 0 Å². The Morgan fingerprint density at radius 2 is 2.09 bits per heavy atom. The molecule has 2 heteroatoms. The first-order valence-electron chi connectivity index (χ1n) is 3.85. The maximum atomic E-state index is 4.14. The fourth-order valence-corrected chi connectivity index (χ4v) is 0.912. The number of hydrogen-bond acceptors (Lipinski definition) is 2. The summed E-state index contributed by atoms with van der Waals surface area (Å²) in [6.45, 7) is 2.14. The normalized spacial score (nSPS) is 9.73. The van der Waals surface area contributed by atoms with Gasteiger partial charge in [-0.1, -0.05) is 6.92 Å². The van der Waals surface area contributed by atoms with E-state index < -0.39 is 0 Å². The van der Waals surface area contributed by atoms with Crippen LogP contribution in [0.1, 0.15) is 12.5 Å². The van der Waals surface area contributed by atoms with E-state index in [0.717, 1.165) is 6.42 Å². The number of aryl methyl sites for hydroxylation is 1. The van der Waals surface area contributed by atoms with Gasteiger partial charge in [-0.15, -0.1) is 0 Å². The van der Waals surface area contributed by atoms with Gasteiger partial charge >= 0.3 is 0 Å². The summed E-state index contributed by atoms with van der Waals surface area (Å²) in [5.74, 6) is 0. The highest BCUT2D eigenvalue weighted by atomic mass is 15.1. The third kappa shape index (κ3) is 1.93. The zero-order valence-electron chi connectivity index (χ0n) is 7.33. The van der Waals surface area contributed by atoms with Gasteiger partial charge in [-0.05, 0) is 18.1 Å². The van der Waals surface area contributed by atoms with Crippen LogP contribution in [0.5, 0.6) is 0 Å². The second-order valence-electron chi connectivity index (χ2n) is 2.80. The van der Waals surface area contributed by atoms with Crippen molar-refractivity contribution in [2.24, 2.45) is 0 Å². The molecule has 0 bridgehead atoms. The molecule has 0 aromatic carbocycles. The molecule has 0 unspecified atom stereocenters. The average Bonchev–Trinajstić information content (AvgIpc) is 2.05. The maximum absolute atomic E-state index is 4.14. The maximum Gasteiger partial charge on any atom is 0.0550 e. The highest BCUT2D eigenvalue weighted by Gasteiger charge is 1.95. The van der Waals surface area contributed by atoms with E-state index in [1.807, 2.05) is 26.5 Å². The summed E-state index contributed by atoms with van der Waals surface area (Å²) in [6.07, 6.45) is 4.83. The molecular weight excluding hydrogens is 136 g/mol. The fourth-order valence-electron chi connectivity index (χ4n) is 0.912. The van der Waals surface area contributed by atoms with Crippen molar-refractivity contribution in [3.05, 3.63) is 24.0 Å². The Balaban J connectivity index is 2.91. The summed E-state index contributed by atoms with van der Waals surface area (Å²) < 4.78 is 0. The summed E-state index contributed by atoms with van der Waals surface area (Å²) in [5.41, 5.74) is 2.46. The Bertz CT molecular complexity index is 231. The largest absolute Gasteiger partial charge is 0.376 e. The summed E-state index contributed by atoms with van der Waals surface area (Å²) in [4.78, 5) is 6.20. The van der Waals surface area contributed by atoms with Gasteiger partial charge in [0.15, 0.2) is 0 Å². The standard InChI is InChI=1S/C9H14N2/c1-4-8-5-9(11(2)3)7-10-6-8/h5-7H,4H2,1-3H3. The van der Waals surface area contributed by atoms with E-state index in [9.17, 15) is 0 Å². The van der Waals surface area contributed by atoms with Crippen LogP contribution in [0, 0.1) is 0 Å². The molecule has 0 saturated carbocycles. The fraction of sp³-hybridized carbons (Fsp3) is 0.444. The Morgan fingerprint density at radius 1 is 1.36 bits per heavy atom. The number of hydrogen-bond donors (Lipinski definition) is 0. The number of rotatable bonds is 2. The minimum Gasteiger partial charge on any atom is -0.376 e. The SMILES string of the molecule is CCc1cncc(N(C)C)c1. The molecule has 0 atom stereocenters. The highest BCUT2D eigenvalue weighted by molar-refractivity contribution is 5.44. The third-order valence-corrected chi connectivity index (χ3v) is 1.71. The lowest BCUT2D eigenvalue weighted by Gasteiger charge is -2.11. The van der Waals surface area contributed by atoms with Crippen LogP contribution in [0.15, 0.2) is 18.5 Å². The molecule has 0 fully saturated rings. The summed E-state index contributed by atoms with van der Waals surface area (Å²) in [7, 11) is 4.05. The molecule has 0 aliphatic heterocycles. The smallest absolute Gasteiger partial charge is 0.0550 e. The van der Waals surface area contributed by atoms with Crippen molar-refractivity contribution in [1.29, 1.82) is 0 Å². The zero-order chi connectivity index (χ0) is 8.27. The molecule has 60 valence electrons. The van der Waals surface area contributed by atoms with Crippen molar-refractivity contribution in [1.82, 2.24) is 4.98 Å². The Morgan fingerprint density at radius 3 is 2.64 bits per heavy atom. The molecule has 0 aliphatic carbocycles. The molecule has 11 heavy (non-hydrogen) atoms. The van der Waals surface area contributed by atoms with E-state index in [1.54, 1.807) is 0 Å². The van der Waals surface area contributed by atoms with Gasteiger partial charge in [-0.3, -0.25) is 4.98 Å². The molecule has 0 amide bonds. The van der Waals surface area contributed by atoms with Crippen LogP contribution in [0.4, 0.5) is 5.69 Å². The number of pyridine rings is 1. The van der Waals surface area contributed by atoms with Crippen molar-refractivity contribution in [3.63, 3.8) is 0 Å². The molecule has 0 radical (unpaired) electrons. The van der Waals surface area contributed by atoms with E-state index in [4.69, 9.17) is 0 Å². The predicted molar refractivity (Wildman–Crippen MR) is 47.9 cm³/mol. The first-order chi connectivity index (χ1) is 5.24. The van der Waals surface area contributed by atoms with Crippen molar-refractivity contribution in [3.8, 4) is 0 Å². The predicted octanol–water partition coefficient (Wildman–Crippen LogP) is 1.71. The van der Waals surface area contributed by atoms with Crippen LogP contribution in [-0.2, 0) is 6.42 Å². The molecule has 0 saturated heterocycles. The zero-order valence-corrected chi connectivity index (χ0v) is 7.33. The van der Waals surface area contributed by atoms with Gasteiger partial charge in [0.05, 0.1) is 11.9 Å². The van der Waals surface area contributed by atoms with Gasteiger partial charge in [-0.25, -0.2) is 0 Å². The minimum atomic E-state index is 1.05. The number of aromatic nitrogens is 1. The number of anilines is 1. The van der Waals surface area contributed by atoms with Gasteiger partial charge in [0, 0.05) is 20.3 Å². The Hall–Kier alpha value is -1.05. The van der Waals surface area contributed by atoms with Crippen molar-refractivity contribution < 1.29 is 0 Å². The first-order valence-corrected chi connectivity index (χ1v) is 3.85. The van der Waals surface area contributed by atoms with Gasteiger partial charge in [0.2, 0.25) is 0 Å². The quantitative estimate of drug-likeness (QED) is 0.638. The number of nitrogens with zero attached hydrogens (tertiary/aromatic N) is 2. The van der Waals surface area contributed by atoms with Crippen molar-refractivity contribution in [2.75, 3.05) is 19.0 Å². The van der Waals surface area contributed by atoms with E-state index in [1.165, 1.54) is 11.3 Å². The molecule has 1 rings (SSSR count). The minimum absolute atomic E-state index is 1.05. The van der Waals surface area contributed by atoms with Crippen molar-refractivity contribution in [2.45, 2.75) is 13.3 Å². The Kier molecular flexibility index (Phi) is 2.47. The topological polar surface area (TPSA) is 16.1 Å². The van der Waals surface area contributed by atoms with Crippen molar-refractivity contribution >= 4 is 5.69 Å². The van der Waals surface area contributed by atoms with E-state index >= 15 is 0 Å².